The lowest BCUT2D eigenvalue weighted by Crippen LogP contribution is -2.09. The zero-order valence-corrected chi connectivity index (χ0v) is 18.6. The van der Waals surface area contributed by atoms with Gasteiger partial charge in [0.15, 0.2) is 0 Å². The molecule has 1 heterocycles. The summed E-state index contributed by atoms with van der Waals surface area (Å²) in [6.07, 6.45) is -0.956. The van der Waals surface area contributed by atoms with Crippen molar-refractivity contribution in [3.8, 4) is 0 Å². The van der Waals surface area contributed by atoms with Gasteiger partial charge in [-0.1, -0.05) is 59.7 Å². The van der Waals surface area contributed by atoms with E-state index < -0.39 is 18.3 Å². The molecular formula is C25H27F6N. The minimum atomic E-state index is -2.83. The molecule has 7 heteroatoms. The van der Waals surface area contributed by atoms with E-state index in [1.165, 1.54) is 36.5 Å². The number of nitrogens with zero attached hydrogens (tertiary/aromatic N) is 1. The molecule has 2 aromatic carbocycles. The second kappa shape index (κ2) is 11.7. The van der Waals surface area contributed by atoms with Crippen LogP contribution in [0.1, 0.15) is 53.8 Å². The second-order valence-electron chi connectivity index (χ2n) is 7.58. The summed E-state index contributed by atoms with van der Waals surface area (Å²) >= 11 is 0. The number of aryl methyl sites for hydroxylation is 3. The Morgan fingerprint density at radius 3 is 1.56 bits per heavy atom. The van der Waals surface area contributed by atoms with Crippen LogP contribution in [0.25, 0.3) is 0 Å². The highest BCUT2D eigenvalue weighted by Crippen LogP contribution is 2.27. The third-order valence-electron chi connectivity index (χ3n) is 4.18. The van der Waals surface area contributed by atoms with Crippen molar-refractivity contribution in [2.45, 2.75) is 52.9 Å². The number of aromatic nitrogens is 1. The van der Waals surface area contributed by atoms with E-state index in [0.29, 0.717) is 0 Å². The molecule has 0 N–H and O–H groups in total. The van der Waals surface area contributed by atoms with Crippen LogP contribution in [0.4, 0.5) is 26.3 Å². The van der Waals surface area contributed by atoms with Crippen molar-refractivity contribution >= 4 is 0 Å². The number of hydrogen-bond donors (Lipinski definition) is 0. The van der Waals surface area contributed by atoms with Crippen LogP contribution in [0, 0.1) is 20.8 Å². The van der Waals surface area contributed by atoms with Crippen molar-refractivity contribution in [2.24, 2.45) is 0 Å². The van der Waals surface area contributed by atoms with E-state index in [1.54, 1.807) is 51.1 Å². The minimum Gasteiger partial charge on any atom is -0.255 e. The molecule has 0 saturated carbocycles. The molecule has 1 nitrogen and oxygen atoms in total. The summed E-state index contributed by atoms with van der Waals surface area (Å²) < 4.78 is 74.3. The van der Waals surface area contributed by atoms with Gasteiger partial charge >= 0.3 is 0 Å². The second-order valence-corrected chi connectivity index (χ2v) is 7.58. The lowest BCUT2D eigenvalue weighted by molar-refractivity contribution is 0.0126. The molecule has 3 rings (SSSR count). The maximum atomic E-state index is 12.6. The molecule has 0 radical (unpaired) electrons. The fourth-order valence-corrected chi connectivity index (χ4v) is 2.50. The number of pyridine rings is 1. The maximum absolute atomic E-state index is 12.6. The zero-order chi connectivity index (χ0) is 24.5. The molecule has 0 bridgehead atoms. The average molecular weight is 455 g/mol. The van der Waals surface area contributed by atoms with Gasteiger partial charge in [-0.25, -0.2) is 17.6 Å². The van der Waals surface area contributed by atoms with Crippen LogP contribution in [0.3, 0.4) is 0 Å². The molecule has 1 aromatic heterocycles. The first kappa shape index (κ1) is 27.2. The smallest absolute Gasteiger partial charge is 0.255 e. The van der Waals surface area contributed by atoms with Gasteiger partial charge in [-0.05, 0) is 38.5 Å². The number of hydrogen-bond acceptors (Lipinski definition) is 1. The van der Waals surface area contributed by atoms with Crippen molar-refractivity contribution in [2.75, 3.05) is 0 Å². The molecular weight excluding hydrogens is 428 g/mol. The van der Waals surface area contributed by atoms with Crippen LogP contribution in [0.15, 0.2) is 66.9 Å². The molecule has 0 amide bonds. The highest BCUT2D eigenvalue weighted by molar-refractivity contribution is 5.25. The van der Waals surface area contributed by atoms with Gasteiger partial charge in [0.2, 0.25) is 0 Å². The standard InChI is InChI=1S/C9H10F2.C8H9F2N.C8H8F2/c1-7-4-3-5-8(6-7)9(2,10)11;1-6-3-4-11-7(5-6)8(2,9)10;1-6-3-2-4-7(5-6)8(9)10/h3-6H,1-2H3;3-5H,1-2H3;2-5,8H,1H3. The molecule has 0 saturated heterocycles. The molecule has 0 aliphatic heterocycles. The topological polar surface area (TPSA) is 12.9 Å². The lowest BCUT2D eigenvalue weighted by Gasteiger charge is -2.10. The first-order valence-corrected chi connectivity index (χ1v) is 9.80. The Bertz CT molecular complexity index is 919. The minimum absolute atomic E-state index is 0.0810. The Kier molecular flexibility index (Phi) is 9.94. The van der Waals surface area contributed by atoms with Gasteiger partial charge in [-0.3, -0.25) is 4.98 Å². The number of halogens is 6. The van der Waals surface area contributed by atoms with Gasteiger partial charge in [-0.15, -0.1) is 0 Å². The number of benzene rings is 2. The Balaban J connectivity index is 0.000000240. The maximum Gasteiger partial charge on any atom is 0.286 e. The number of alkyl halides is 6. The van der Waals surface area contributed by atoms with Gasteiger partial charge in [0, 0.05) is 31.2 Å². The molecule has 0 spiro atoms. The van der Waals surface area contributed by atoms with E-state index in [9.17, 15) is 26.3 Å². The predicted molar refractivity (Wildman–Crippen MR) is 115 cm³/mol. The fourth-order valence-electron chi connectivity index (χ4n) is 2.50. The van der Waals surface area contributed by atoms with E-state index in [4.69, 9.17) is 0 Å². The summed E-state index contributed by atoms with van der Waals surface area (Å²) in [6, 6.07) is 15.8. The van der Waals surface area contributed by atoms with E-state index in [1.807, 2.05) is 0 Å². The highest BCUT2D eigenvalue weighted by Gasteiger charge is 2.25. The van der Waals surface area contributed by atoms with Crippen molar-refractivity contribution < 1.29 is 26.3 Å². The van der Waals surface area contributed by atoms with Crippen LogP contribution in [0.5, 0.6) is 0 Å². The first-order valence-electron chi connectivity index (χ1n) is 9.80. The monoisotopic (exact) mass is 455 g/mol. The lowest BCUT2D eigenvalue weighted by atomic mass is 10.1. The van der Waals surface area contributed by atoms with Gasteiger partial charge in [-0.2, -0.15) is 8.78 Å². The summed E-state index contributed by atoms with van der Waals surface area (Å²) in [4.78, 5) is 3.56. The van der Waals surface area contributed by atoms with E-state index >= 15 is 0 Å². The third-order valence-corrected chi connectivity index (χ3v) is 4.18. The van der Waals surface area contributed by atoms with Crippen LogP contribution in [0.2, 0.25) is 0 Å². The molecule has 0 atom stereocenters. The van der Waals surface area contributed by atoms with E-state index in [0.717, 1.165) is 30.5 Å². The van der Waals surface area contributed by atoms with E-state index in [-0.39, 0.29) is 16.8 Å². The van der Waals surface area contributed by atoms with Crippen LogP contribution < -0.4 is 0 Å². The Hall–Kier alpha value is -2.83. The molecule has 3 aromatic rings. The Labute approximate surface area is 185 Å². The van der Waals surface area contributed by atoms with Crippen molar-refractivity contribution in [3.05, 3.63) is 100 Å². The zero-order valence-electron chi connectivity index (χ0n) is 18.6. The summed E-state index contributed by atoms with van der Waals surface area (Å²) in [5.41, 5.74) is 2.55. The molecule has 0 unspecified atom stereocenters. The summed E-state index contributed by atoms with van der Waals surface area (Å²) in [5, 5.41) is 0. The normalized spacial score (nSPS) is 11.2. The summed E-state index contributed by atoms with van der Waals surface area (Å²) in [6.45, 7) is 7.11. The van der Waals surface area contributed by atoms with Crippen LogP contribution >= 0.6 is 0 Å². The average Bonchev–Trinajstić information content (AvgIpc) is 2.68. The quantitative estimate of drug-likeness (QED) is 0.361. The van der Waals surface area contributed by atoms with Gasteiger partial charge in [0.25, 0.3) is 18.3 Å². The molecule has 0 aliphatic carbocycles. The molecule has 32 heavy (non-hydrogen) atoms. The Morgan fingerprint density at radius 2 is 1.22 bits per heavy atom. The van der Waals surface area contributed by atoms with Crippen molar-refractivity contribution in [1.29, 1.82) is 0 Å². The van der Waals surface area contributed by atoms with Gasteiger partial charge < -0.3 is 0 Å². The highest BCUT2D eigenvalue weighted by atomic mass is 19.3. The summed E-state index contributed by atoms with van der Waals surface area (Å²) in [5.74, 6) is -5.54. The summed E-state index contributed by atoms with van der Waals surface area (Å²) in [7, 11) is 0. The molecule has 0 aliphatic rings. The first-order chi connectivity index (χ1) is 14.7. The third kappa shape index (κ3) is 9.98. The predicted octanol–water partition coefficient (Wildman–Crippen LogP) is 8.54. The largest absolute Gasteiger partial charge is 0.286 e. The fraction of sp³-hybridized carbons (Fsp3) is 0.320. The van der Waals surface area contributed by atoms with Crippen molar-refractivity contribution in [1.82, 2.24) is 4.98 Å². The van der Waals surface area contributed by atoms with Gasteiger partial charge in [0.05, 0.1) is 0 Å². The molecule has 0 fully saturated rings. The number of rotatable bonds is 3. The SMILES string of the molecule is Cc1cccc(C(C)(F)F)c1.Cc1cccc(C(F)F)c1.Cc1ccnc(C(C)(F)F)c1. The molecule has 174 valence electrons. The van der Waals surface area contributed by atoms with E-state index in [2.05, 4.69) is 4.98 Å². The van der Waals surface area contributed by atoms with Gasteiger partial charge in [0.1, 0.15) is 5.69 Å². The Morgan fingerprint density at radius 1 is 0.688 bits per heavy atom. The van der Waals surface area contributed by atoms with Crippen molar-refractivity contribution in [3.63, 3.8) is 0 Å². The van der Waals surface area contributed by atoms with Crippen LogP contribution in [-0.2, 0) is 11.8 Å². The van der Waals surface area contributed by atoms with Crippen LogP contribution in [-0.4, -0.2) is 4.98 Å².